The summed E-state index contributed by atoms with van der Waals surface area (Å²) in [7, 11) is 0. The Balaban J connectivity index is 0. The van der Waals surface area contributed by atoms with Crippen molar-refractivity contribution in [3.8, 4) is 0 Å². The summed E-state index contributed by atoms with van der Waals surface area (Å²) in [6, 6.07) is 0. The average Bonchev–Trinajstić information content (AvgIpc) is 0. The second-order valence-electron chi connectivity index (χ2n) is 0. The van der Waals surface area contributed by atoms with Gasteiger partial charge in [-0.1, -0.05) is 0 Å². The van der Waals surface area contributed by atoms with Crippen molar-refractivity contribution >= 4 is 34.7 Å². The summed E-state index contributed by atoms with van der Waals surface area (Å²) in [5.41, 5.74) is 0. The molecule has 0 radical (unpaired) electrons. The third-order valence-corrected chi connectivity index (χ3v) is 0. The van der Waals surface area contributed by atoms with E-state index in [2.05, 4.69) is 0 Å². The summed E-state index contributed by atoms with van der Waals surface area (Å²) in [5, 5.41) is 0. The van der Waals surface area contributed by atoms with Crippen molar-refractivity contribution in [2.75, 3.05) is 0 Å². The Morgan fingerprint density at radius 3 is 0.500 bits per heavy atom. The van der Waals surface area contributed by atoms with Crippen molar-refractivity contribution in [2.45, 2.75) is 0 Å². The van der Waals surface area contributed by atoms with Gasteiger partial charge in [0.2, 0.25) is 0 Å². The molecule has 0 aromatic rings. The van der Waals surface area contributed by atoms with Crippen LogP contribution in [0.2, 0.25) is 0 Å². The van der Waals surface area contributed by atoms with Gasteiger partial charge in [-0.25, -0.2) is 0 Å². The summed E-state index contributed by atoms with van der Waals surface area (Å²) in [6.45, 7) is 0. The van der Waals surface area contributed by atoms with Crippen molar-refractivity contribution < 1.29 is 11.0 Å². The van der Waals surface area contributed by atoms with Crippen LogP contribution < -0.4 is 0 Å². The monoisotopic (exact) mass is 86.0 g/mol. The molecule has 0 fully saturated rings. The van der Waals surface area contributed by atoms with Crippen LogP contribution in [0, 0.1) is 0 Å². The van der Waals surface area contributed by atoms with Crippen LogP contribution in [0.1, 0.15) is 0 Å². The van der Waals surface area contributed by atoms with Crippen LogP contribution in [-0.4, -0.2) is 34.7 Å². The predicted molar refractivity (Wildman–Crippen MR) is 12.9 cm³/mol. The van der Waals surface area contributed by atoms with Crippen molar-refractivity contribution in [3.05, 3.63) is 0 Å². The maximum absolute atomic E-state index is 0. The molecule has 0 heterocycles. The molecule has 2 nitrogen and oxygen atoms in total. The minimum Gasteiger partial charge on any atom is -2.00 e. The van der Waals surface area contributed by atoms with Crippen molar-refractivity contribution in [1.82, 2.24) is 0 Å². The second-order valence-corrected chi connectivity index (χ2v) is 0. The van der Waals surface area contributed by atoms with E-state index in [0.29, 0.717) is 0 Å². The molecule has 0 rings (SSSR count). The zero-order valence-electron chi connectivity index (χ0n) is 1.97. The van der Waals surface area contributed by atoms with Gasteiger partial charge in [-0.3, -0.25) is 0 Å². The zero-order chi connectivity index (χ0) is 0. The fourth-order valence-electron chi connectivity index (χ4n) is 0. The Hall–Kier alpha value is 0.985. The third kappa shape index (κ3) is 12.1. The first kappa shape index (κ1) is 81.6. The maximum atomic E-state index is 0. The van der Waals surface area contributed by atoms with Crippen LogP contribution >= 0.6 is 0 Å². The SMILES string of the molecule is [Al+3].[Al+3].[O-2].[O-2]. The average molecular weight is 86.0 g/mol. The molecule has 0 aromatic carbocycles. The van der Waals surface area contributed by atoms with Crippen LogP contribution in [0.3, 0.4) is 0 Å². The van der Waals surface area contributed by atoms with Gasteiger partial charge >= 0.3 is 34.7 Å². The molecule has 0 N–H and O–H groups in total. The van der Waals surface area contributed by atoms with E-state index in [1.807, 2.05) is 0 Å². The summed E-state index contributed by atoms with van der Waals surface area (Å²) < 4.78 is 0. The van der Waals surface area contributed by atoms with Gasteiger partial charge in [-0.2, -0.15) is 0 Å². The quantitative estimate of drug-likeness (QED) is 0.339. The molecule has 0 saturated heterocycles. The van der Waals surface area contributed by atoms with Crippen LogP contribution in [0.15, 0.2) is 0 Å². The second kappa shape index (κ2) is 36.6. The normalized spacial score (nSPS) is 0. The maximum Gasteiger partial charge on any atom is 3.00 e. The molecule has 0 saturated carbocycles. The molecule has 0 aromatic heterocycles. The first-order valence-corrected chi connectivity index (χ1v) is 0. The minimum absolute atomic E-state index is 0. The van der Waals surface area contributed by atoms with Gasteiger partial charge < -0.3 is 11.0 Å². The molecule has 0 amide bonds. The smallest absolute Gasteiger partial charge is 2.00 e. The predicted octanol–water partition coefficient (Wildman–Crippen LogP) is -0.999. The van der Waals surface area contributed by atoms with Crippen LogP contribution in [0.25, 0.3) is 0 Å². The van der Waals surface area contributed by atoms with Crippen molar-refractivity contribution in [3.63, 3.8) is 0 Å². The molecule has 0 atom stereocenters. The van der Waals surface area contributed by atoms with Gasteiger partial charge in [0, 0.05) is 0 Å². The molecule has 4 heteroatoms. The first-order valence-electron chi connectivity index (χ1n) is 0. The van der Waals surface area contributed by atoms with Gasteiger partial charge in [-0.15, -0.1) is 0 Å². The van der Waals surface area contributed by atoms with Gasteiger partial charge in [0.15, 0.2) is 0 Å². The Labute approximate surface area is 46.1 Å². The van der Waals surface area contributed by atoms with E-state index in [0.717, 1.165) is 0 Å². The van der Waals surface area contributed by atoms with Crippen molar-refractivity contribution in [2.24, 2.45) is 0 Å². The molecule has 0 aliphatic heterocycles. The molecule has 0 aliphatic rings. The fourth-order valence-corrected chi connectivity index (χ4v) is 0. The molecular formula is Al2O2+2. The Morgan fingerprint density at radius 1 is 0.500 bits per heavy atom. The van der Waals surface area contributed by atoms with E-state index in [1.165, 1.54) is 0 Å². The summed E-state index contributed by atoms with van der Waals surface area (Å²) in [6.07, 6.45) is 0. The zero-order valence-corrected chi connectivity index (χ0v) is 4.28. The standard InChI is InChI=1S/2Al.2O/q2*+3;2*-2. The molecule has 0 aliphatic carbocycles. The van der Waals surface area contributed by atoms with E-state index in [-0.39, 0.29) is 45.7 Å². The van der Waals surface area contributed by atoms with Gasteiger partial charge in [0.05, 0.1) is 0 Å². The van der Waals surface area contributed by atoms with E-state index in [4.69, 9.17) is 0 Å². The Bertz CT molecular complexity index is 4.00. The third-order valence-electron chi connectivity index (χ3n) is 0. The van der Waals surface area contributed by atoms with E-state index >= 15 is 0 Å². The van der Waals surface area contributed by atoms with Crippen LogP contribution in [-0.2, 0) is 11.0 Å². The largest absolute Gasteiger partial charge is 3.00 e. The van der Waals surface area contributed by atoms with Crippen LogP contribution in [0.4, 0.5) is 0 Å². The number of hydrogen-bond acceptors (Lipinski definition) is 0. The summed E-state index contributed by atoms with van der Waals surface area (Å²) in [5.74, 6) is 0. The molecule has 4 heavy (non-hydrogen) atoms. The Morgan fingerprint density at radius 2 is 0.500 bits per heavy atom. The molecule has 0 bridgehead atoms. The number of rotatable bonds is 0. The van der Waals surface area contributed by atoms with Gasteiger partial charge in [0.1, 0.15) is 0 Å². The minimum atomic E-state index is 0. The number of hydrogen-bond donors (Lipinski definition) is 0. The first-order chi connectivity index (χ1) is 0. The van der Waals surface area contributed by atoms with E-state index in [1.54, 1.807) is 0 Å². The summed E-state index contributed by atoms with van der Waals surface area (Å²) in [4.78, 5) is 0. The summed E-state index contributed by atoms with van der Waals surface area (Å²) >= 11 is 0. The fraction of sp³-hybridized carbons (Fsp3) is 0. The van der Waals surface area contributed by atoms with E-state index < -0.39 is 0 Å². The molecular weight excluding hydrogens is 86.0 g/mol. The van der Waals surface area contributed by atoms with Gasteiger partial charge in [-0.05, 0) is 0 Å². The topological polar surface area (TPSA) is 57.0 Å². The Kier molecular flexibility index (Phi) is 747. The van der Waals surface area contributed by atoms with Crippen molar-refractivity contribution in [1.29, 1.82) is 0 Å². The molecule has 0 unspecified atom stereocenters. The van der Waals surface area contributed by atoms with Gasteiger partial charge in [0.25, 0.3) is 0 Å². The van der Waals surface area contributed by atoms with E-state index in [9.17, 15) is 0 Å². The van der Waals surface area contributed by atoms with Crippen LogP contribution in [0.5, 0.6) is 0 Å². The molecule has 16 valence electrons. The molecule has 0 spiro atoms.